The molecular formula is C13H18ClNO4. The number of carbonyl (C=O) groups is 1. The van der Waals surface area contributed by atoms with Crippen molar-refractivity contribution >= 4 is 17.6 Å². The number of rotatable bonds is 8. The van der Waals surface area contributed by atoms with Gasteiger partial charge in [-0.25, -0.2) is 4.79 Å². The van der Waals surface area contributed by atoms with Crippen LogP contribution < -0.4 is 10.1 Å². The Morgan fingerprint density at radius 1 is 1.37 bits per heavy atom. The summed E-state index contributed by atoms with van der Waals surface area (Å²) < 4.78 is 14.7. The number of esters is 1. The molecule has 0 aliphatic carbocycles. The van der Waals surface area contributed by atoms with Crippen molar-refractivity contribution in [2.24, 2.45) is 0 Å². The fraction of sp³-hybridized carbons (Fsp3) is 0.462. The lowest BCUT2D eigenvalue weighted by atomic mass is 10.2. The fourth-order valence-electron chi connectivity index (χ4n) is 1.37. The highest BCUT2D eigenvalue weighted by Crippen LogP contribution is 2.25. The van der Waals surface area contributed by atoms with Crippen LogP contribution in [0.2, 0.25) is 5.02 Å². The molecule has 1 N–H and O–H groups in total. The van der Waals surface area contributed by atoms with E-state index in [2.05, 4.69) is 10.1 Å². The molecule has 106 valence electrons. The van der Waals surface area contributed by atoms with Gasteiger partial charge in [0.25, 0.3) is 0 Å². The zero-order valence-corrected chi connectivity index (χ0v) is 11.8. The van der Waals surface area contributed by atoms with Gasteiger partial charge < -0.3 is 19.5 Å². The largest absolute Gasteiger partial charge is 0.480 e. The molecular weight excluding hydrogens is 270 g/mol. The van der Waals surface area contributed by atoms with Gasteiger partial charge >= 0.3 is 5.97 Å². The van der Waals surface area contributed by atoms with Crippen LogP contribution in [0.15, 0.2) is 18.2 Å². The average Bonchev–Trinajstić information content (AvgIpc) is 2.42. The van der Waals surface area contributed by atoms with E-state index < -0.39 is 5.97 Å². The van der Waals surface area contributed by atoms with Crippen LogP contribution in [-0.2, 0) is 20.8 Å². The van der Waals surface area contributed by atoms with Crippen molar-refractivity contribution in [3.63, 3.8) is 0 Å². The monoisotopic (exact) mass is 287 g/mol. The van der Waals surface area contributed by atoms with E-state index in [1.807, 2.05) is 6.07 Å². The molecule has 1 aromatic carbocycles. The zero-order valence-electron chi connectivity index (χ0n) is 11.1. The van der Waals surface area contributed by atoms with Crippen LogP contribution in [-0.4, -0.2) is 39.9 Å². The standard InChI is InChI=1S/C13H18ClNO4/c1-17-6-5-15-8-10-3-4-12(11(14)7-10)19-9-13(16)18-2/h3-4,7,15H,5-6,8-9H2,1-2H3. The van der Waals surface area contributed by atoms with Crippen molar-refractivity contribution in [3.05, 3.63) is 28.8 Å². The van der Waals surface area contributed by atoms with Gasteiger partial charge in [0.1, 0.15) is 5.75 Å². The molecule has 0 amide bonds. The van der Waals surface area contributed by atoms with Crippen LogP contribution in [0.25, 0.3) is 0 Å². The molecule has 19 heavy (non-hydrogen) atoms. The lowest BCUT2D eigenvalue weighted by Gasteiger charge is -2.09. The van der Waals surface area contributed by atoms with E-state index in [4.69, 9.17) is 21.1 Å². The molecule has 0 bridgehead atoms. The second kappa shape index (κ2) is 8.74. The average molecular weight is 288 g/mol. The highest BCUT2D eigenvalue weighted by atomic mass is 35.5. The van der Waals surface area contributed by atoms with Crippen molar-refractivity contribution in [1.29, 1.82) is 0 Å². The van der Waals surface area contributed by atoms with Crippen LogP contribution in [0, 0.1) is 0 Å². The van der Waals surface area contributed by atoms with E-state index in [0.717, 1.165) is 12.1 Å². The number of methoxy groups -OCH3 is 2. The number of halogens is 1. The Balaban J connectivity index is 2.47. The van der Waals surface area contributed by atoms with Gasteiger partial charge in [-0.15, -0.1) is 0 Å². The van der Waals surface area contributed by atoms with Gasteiger partial charge in [-0.05, 0) is 17.7 Å². The summed E-state index contributed by atoms with van der Waals surface area (Å²) in [7, 11) is 2.97. The molecule has 0 aliphatic rings. The SMILES string of the molecule is COCCNCc1ccc(OCC(=O)OC)c(Cl)c1. The molecule has 0 heterocycles. The van der Waals surface area contributed by atoms with E-state index >= 15 is 0 Å². The Morgan fingerprint density at radius 3 is 2.79 bits per heavy atom. The van der Waals surface area contributed by atoms with Crippen LogP contribution in [0.1, 0.15) is 5.56 Å². The third kappa shape index (κ3) is 5.92. The maximum absolute atomic E-state index is 11.0. The topological polar surface area (TPSA) is 56.8 Å². The van der Waals surface area contributed by atoms with Gasteiger partial charge in [0.05, 0.1) is 18.7 Å². The summed E-state index contributed by atoms with van der Waals surface area (Å²) in [6.45, 7) is 1.98. The molecule has 0 spiro atoms. The highest BCUT2D eigenvalue weighted by Gasteiger charge is 2.06. The summed E-state index contributed by atoms with van der Waals surface area (Å²) >= 11 is 6.07. The molecule has 6 heteroatoms. The number of hydrogen-bond acceptors (Lipinski definition) is 5. The summed E-state index contributed by atoms with van der Waals surface area (Å²) in [4.78, 5) is 11.0. The van der Waals surface area contributed by atoms with Crippen LogP contribution >= 0.6 is 11.6 Å². The first-order chi connectivity index (χ1) is 9.17. The third-order valence-corrected chi connectivity index (χ3v) is 2.68. The first-order valence-corrected chi connectivity index (χ1v) is 6.23. The lowest BCUT2D eigenvalue weighted by molar-refractivity contribution is -0.142. The molecule has 0 aliphatic heterocycles. The van der Waals surface area contributed by atoms with Crippen LogP contribution in [0.3, 0.4) is 0 Å². The Morgan fingerprint density at radius 2 is 2.16 bits per heavy atom. The quantitative estimate of drug-likeness (QED) is 0.582. The van der Waals surface area contributed by atoms with Crippen molar-refractivity contribution in [1.82, 2.24) is 5.32 Å². The molecule has 1 rings (SSSR count). The molecule has 1 aromatic rings. The number of hydrogen-bond donors (Lipinski definition) is 1. The predicted molar refractivity (Wildman–Crippen MR) is 72.5 cm³/mol. The fourth-order valence-corrected chi connectivity index (χ4v) is 1.63. The van der Waals surface area contributed by atoms with Gasteiger partial charge in [0, 0.05) is 20.2 Å². The van der Waals surface area contributed by atoms with E-state index in [1.54, 1.807) is 19.2 Å². The molecule has 0 atom stereocenters. The summed E-state index contributed by atoms with van der Waals surface area (Å²) in [5.74, 6) is 0.0223. The molecule has 0 fully saturated rings. The van der Waals surface area contributed by atoms with E-state index in [9.17, 15) is 4.79 Å². The molecule has 5 nitrogen and oxygen atoms in total. The Labute approximate surface area is 117 Å². The maximum atomic E-state index is 11.0. The lowest BCUT2D eigenvalue weighted by Crippen LogP contribution is -2.18. The minimum atomic E-state index is -0.443. The highest BCUT2D eigenvalue weighted by molar-refractivity contribution is 6.32. The molecule has 0 radical (unpaired) electrons. The number of nitrogens with one attached hydrogen (secondary N) is 1. The molecule has 0 aromatic heterocycles. The second-order valence-electron chi connectivity index (χ2n) is 3.80. The van der Waals surface area contributed by atoms with Crippen LogP contribution in [0.5, 0.6) is 5.75 Å². The summed E-state index contributed by atoms with van der Waals surface area (Å²) in [6.07, 6.45) is 0. The third-order valence-electron chi connectivity index (χ3n) is 2.38. The minimum Gasteiger partial charge on any atom is -0.480 e. The Bertz CT molecular complexity index is 412. The summed E-state index contributed by atoms with van der Waals surface area (Å²) in [5, 5.41) is 3.68. The van der Waals surface area contributed by atoms with Gasteiger partial charge in [-0.1, -0.05) is 17.7 Å². The van der Waals surface area contributed by atoms with Crippen molar-refractivity contribution in [2.75, 3.05) is 34.0 Å². The number of carbonyl (C=O) groups excluding carboxylic acids is 1. The molecule has 0 saturated heterocycles. The predicted octanol–water partition coefficient (Wildman–Crippen LogP) is 1.63. The van der Waals surface area contributed by atoms with E-state index in [0.29, 0.717) is 23.9 Å². The molecule has 0 saturated carbocycles. The zero-order chi connectivity index (χ0) is 14.1. The smallest absolute Gasteiger partial charge is 0.343 e. The normalized spacial score (nSPS) is 10.3. The first kappa shape index (κ1) is 15.8. The summed E-state index contributed by atoms with van der Waals surface area (Å²) in [6, 6.07) is 5.42. The summed E-state index contributed by atoms with van der Waals surface area (Å²) in [5.41, 5.74) is 1.03. The van der Waals surface area contributed by atoms with Gasteiger partial charge in [0.15, 0.2) is 6.61 Å². The van der Waals surface area contributed by atoms with Crippen molar-refractivity contribution in [2.45, 2.75) is 6.54 Å². The van der Waals surface area contributed by atoms with Gasteiger partial charge in [-0.3, -0.25) is 0 Å². The van der Waals surface area contributed by atoms with Gasteiger partial charge in [0.2, 0.25) is 0 Å². The van der Waals surface area contributed by atoms with Gasteiger partial charge in [-0.2, -0.15) is 0 Å². The van der Waals surface area contributed by atoms with E-state index in [1.165, 1.54) is 7.11 Å². The number of benzene rings is 1. The Hall–Kier alpha value is -1.30. The van der Waals surface area contributed by atoms with Crippen molar-refractivity contribution in [3.8, 4) is 5.75 Å². The Kier molecular flexibility index (Phi) is 7.25. The first-order valence-electron chi connectivity index (χ1n) is 5.85. The number of ether oxygens (including phenoxy) is 3. The van der Waals surface area contributed by atoms with Crippen LogP contribution in [0.4, 0.5) is 0 Å². The minimum absolute atomic E-state index is 0.151. The maximum Gasteiger partial charge on any atom is 0.343 e. The molecule has 0 unspecified atom stereocenters. The second-order valence-corrected chi connectivity index (χ2v) is 4.21. The van der Waals surface area contributed by atoms with Crippen molar-refractivity contribution < 1.29 is 19.0 Å². The van der Waals surface area contributed by atoms with E-state index in [-0.39, 0.29) is 6.61 Å².